The molecule has 1 N–H and O–H groups in total. The van der Waals surface area contributed by atoms with Gasteiger partial charge in [0.15, 0.2) is 0 Å². The second kappa shape index (κ2) is 9.38. The van der Waals surface area contributed by atoms with Gasteiger partial charge in [0.2, 0.25) is 15.9 Å². The van der Waals surface area contributed by atoms with Crippen molar-refractivity contribution in [2.75, 3.05) is 25.5 Å². The number of amides is 1. The molecule has 1 amide bonds. The average Bonchev–Trinajstić information content (AvgIpc) is 2.63. The fraction of sp³-hybridized carbons (Fsp3) is 0.222. The zero-order valence-electron chi connectivity index (χ0n) is 15.1. The van der Waals surface area contributed by atoms with Gasteiger partial charge in [0.25, 0.3) is 0 Å². The van der Waals surface area contributed by atoms with Crippen LogP contribution in [0, 0.1) is 0 Å². The number of nitrogens with zero attached hydrogens (tertiary/aromatic N) is 1. The number of ether oxygens (including phenoxy) is 1. The van der Waals surface area contributed by atoms with Crippen LogP contribution >= 0.6 is 23.2 Å². The van der Waals surface area contributed by atoms with Crippen LogP contribution in [-0.4, -0.2) is 44.8 Å². The lowest BCUT2D eigenvalue weighted by atomic mass is 10.2. The first kappa shape index (κ1) is 22.2. The predicted octanol–water partition coefficient (Wildman–Crippen LogP) is 3.43. The minimum Gasteiger partial charge on any atom is -0.462 e. The third-order valence-corrected chi connectivity index (χ3v) is 6.03. The van der Waals surface area contributed by atoms with Gasteiger partial charge < -0.3 is 10.1 Å². The number of carbonyl (C=O) groups is 2. The summed E-state index contributed by atoms with van der Waals surface area (Å²) in [6.45, 7) is 1.41. The molecule has 0 spiro atoms. The van der Waals surface area contributed by atoms with E-state index < -0.39 is 28.4 Å². The lowest BCUT2D eigenvalue weighted by Crippen LogP contribution is -2.35. The Kier molecular flexibility index (Phi) is 7.42. The smallest absolute Gasteiger partial charge is 0.339 e. The molecule has 0 saturated carbocycles. The van der Waals surface area contributed by atoms with Crippen LogP contribution in [0.3, 0.4) is 0 Å². The van der Waals surface area contributed by atoms with Crippen molar-refractivity contribution in [3.63, 3.8) is 0 Å². The SMILES string of the molecule is CCOC(=O)c1cc(NC(=O)CN(C)S(=O)(=O)c2ccc(Cl)cc2)ccc1Cl. The summed E-state index contributed by atoms with van der Waals surface area (Å²) in [5.41, 5.74) is 0.387. The normalized spacial score (nSPS) is 11.3. The van der Waals surface area contributed by atoms with Gasteiger partial charge in [-0.15, -0.1) is 0 Å². The van der Waals surface area contributed by atoms with Crippen molar-refractivity contribution in [3.05, 3.63) is 58.1 Å². The van der Waals surface area contributed by atoms with Gasteiger partial charge in [-0.3, -0.25) is 4.79 Å². The fourth-order valence-corrected chi connectivity index (χ4v) is 3.69. The Labute approximate surface area is 173 Å². The molecule has 150 valence electrons. The Morgan fingerprint density at radius 3 is 2.36 bits per heavy atom. The molecule has 2 rings (SSSR count). The molecule has 0 aromatic heterocycles. The summed E-state index contributed by atoms with van der Waals surface area (Å²) in [6, 6.07) is 9.92. The maximum absolute atomic E-state index is 12.5. The number of esters is 1. The number of anilines is 1. The van der Waals surface area contributed by atoms with Gasteiger partial charge in [-0.2, -0.15) is 4.31 Å². The number of hydrogen-bond donors (Lipinski definition) is 1. The first-order valence-corrected chi connectivity index (χ1v) is 10.3. The molecule has 0 radical (unpaired) electrons. The van der Waals surface area contributed by atoms with E-state index in [4.69, 9.17) is 27.9 Å². The number of benzene rings is 2. The second-order valence-electron chi connectivity index (χ2n) is 5.68. The highest BCUT2D eigenvalue weighted by molar-refractivity contribution is 7.89. The van der Waals surface area contributed by atoms with Gasteiger partial charge in [-0.25, -0.2) is 13.2 Å². The Balaban J connectivity index is 2.10. The van der Waals surface area contributed by atoms with Crippen molar-refractivity contribution >= 4 is 50.8 Å². The molecule has 2 aromatic carbocycles. The minimum absolute atomic E-state index is 0.0169. The highest BCUT2D eigenvalue weighted by atomic mass is 35.5. The number of nitrogens with one attached hydrogen (secondary N) is 1. The van der Waals surface area contributed by atoms with E-state index in [2.05, 4.69) is 5.32 Å². The van der Waals surface area contributed by atoms with Gasteiger partial charge in [0, 0.05) is 17.8 Å². The largest absolute Gasteiger partial charge is 0.462 e. The molecule has 0 aliphatic rings. The van der Waals surface area contributed by atoms with E-state index in [9.17, 15) is 18.0 Å². The molecule has 0 aliphatic carbocycles. The lowest BCUT2D eigenvalue weighted by molar-refractivity contribution is -0.116. The number of likely N-dealkylation sites (N-methyl/N-ethyl adjacent to an activating group) is 1. The first-order chi connectivity index (χ1) is 13.1. The maximum Gasteiger partial charge on any atom is 0.339 e. The predicted molar refractivity (Wildman–Crippen MR) is 107 cm³/mol. The van der Waals surface area contributed by atoms with Crippen molar-refractivity contribution in [3.8, 4) is 0 Å². The third-order valence-electron chi connectivity index (χ3n) is 3.63. The summed E-state index contributed by atoms with van der Waals surface area (Å²) in [6.07, 6.45) is 0. The number of sulfonamides is 1. The van der Waals surface area contributed by atoms with Crippen LogP contribution in [0.1, 0.15) is 17.3 Å². The quantitative estimate of drug-likeness (QED) is 0.660. The summed E-state index contributed by atoms with van der Waals surface area (Å²) in [5, 5.41) is 3.12. The summed E-state index contributed by atoms with van der Waals surface area (Å²) in [4.78, 5) is 24.2. The molecule has 10 heteroatoms. The minimum atomic E-state index is -3.86. The van der Waals surface area contributed by atoms with Crippen LogP contribution in [0.4, 0.5) is 5.69 Å². The van der Waals surface area contributed by atoms with E-state index in [1.807, 2.05) is 0 Å². The molecule has 7 nitrogen and oxygen atoms in total. The summed E-state index contributed by atoms with van der Waals surface area (Å²) in [7, 11) is -2.57. The van der Waals surface area contributed by atoms with E-state index in [1.54, 1.807) is 6.92 Å². The molecule has 0 saturated heterocycles. The molecule has 0 aliphatic heterocycles. The fourth-order valence-electron chi connectivity index (χ4n) is 2.24. The van der Waals surface area contributed by atoms with Gasteiger partial charge in [-0.05, 0) is 49.4 Å². The Morgan fingerprint density at radius 2 is 1.75 bits per heavy atom. The van der Waals surface area contributed by atoms with E-state index in [-0.39, 0.29) is 27.8 Å². The van der Waals surface area contributed by atoms with Crippen LogP contribution in [0.15, 0.2) is 47.4 Å². The summed E-state index contributed by atoms with van der Waals surface area (Å²) < 4.78 is 30.8. The summed E-state index contributed by atoms with van der Waals surface area (Å²) >= 11 is 11.7. The molecule has 0 fully saturated rings. The van der Waals surface area contributed by atoms with Crippen molar-refractivity contribution < 1.29 is 22.7 Å². The Hall–Kier alpha value is -2.13. The Morgan fingerprint density at radius 1 is 1.11 bits per heavy atom. The standard InChI is InChI=1S/C18H18Cl2N2O5S/c1-3-27-18(24)15-10-13(6-9-16(15)20)21-17(23)11-22(2)28(25,26)14-7-4-12(19)5-8-14/h4-10H,3,11H2,1-2H3,(H,21,23). The van der Waals surface area contributed by atoms with Gasteiger partial charge in [0.05, 0.1) is 28.6 Å². The number of hydrogen-bond acceptors (Lipinski definition) is 5. The lowest BCUT2D eigenvalue weighted by Gasteiger charge is -2.17. The van der Waals surface area contributed by atoms with Crippen LogP contribution in [0.2, 0.25) is 10.0 Å². The second-order valence-corrected chi connectivity index (χ2v) is 8.57. The average molecular weight is 445 g/mol. The highest BCUT2D eigenvalue weighted by Crippen LogP contribution is 2.22. The first-order valence-electron chi connectivity index (χ1n) is 8.13. The van der Waals surface area contributed by atoms with Gasteiger partial charge in [-0.1, -0.05) is 23.2 Å². The maximum atomic E-state index is 12.5. The molecular formula is C18H18Cl2N2O5S. The zero-order valence-corrected chi connectivity index (χ0v) is 17.4. The van der Waals surface area contributed by atoms with Crippen molar-refractivity contribution in [2.45, 2.75) is 11.8 Å². The molecule has 2 aromatic rings. The third kappa shape index (κ3) is 5.45. The number of carbonyl (C=O) groups excluding carboxylic acids is 2. The van der Waals surface area contributed by atoms with Gasteiger partial charge >= 0.3 is 5.97 Å². The molecule has 28 heavy (non-hydrogen) atoms. The highest BCUT2D eigenvalue weighted by Gasteiger charge is 2.23. The molecule has 0 heterocycles. The molecule has 0 atom stereocenters. The topological polar surface area (TPSA) is 92.8 Å². The van der Waals surface area contributed by atoms with Crippen molar-refractivity contribution in [1.29, 1.82) is 0 Å². The van der Waals surface area contributed by atoms with Crippen LogP contribution < -0.4 is 5.32 Å². The summed E-state index contributed by atoms with van der Waals surface area (Å²) in [5.74, 6) is -1.21. The van der Waals surface area contributed by atoms with Crippen LogP contribution in [0.25, 0.3) is 0 Å². The van der Waals surface area contributed by atoms with E-state index >= 15 is 0 Å². The molecular weight excluding hydrogens is 427 g/mol. The number of rotatable bonds is 7. The van der Waals surface area contributed by atoms with Crippen LogP contribution in [0.5, 0.6) is 0 Å². The molecule has 0 unspecified atom stereocenters. The monoisotopic (exact) mass is 444 g/mol. The number of halogens is 2. The van der Waals surface area contributed by atoms with E-state index in [0.717, 1.165) is 4.31 Å². The Bertz CT molecular complexity index is 978. The van der Waals surface area contributed by atoms with Crippen molar-refractivity contribution in [2.24, 2.45) is 0 Å². The van der Waals surface area contributed by atoms with Crippen LogP contribution in [-0.2, 0) is 19.6 Å². The van der Waals surface area contributed by atoms with Crippen molar-refractivity contribution in [1.82, 2.24) is 4.31 Å². The molecule has 0 bridgehead atoms. The van der Waals surface area contributed by atoms with E-state index in [0.29, 0.717) is 5.02 Å². The van der Waals surface area contributed by atoms with E-state index in [1.165, 1.54) is 49.5 Å². The zero-order chi connectivity index (χ0) is 20.9. The van der Waals surface area contributed by atoms with Gasteiger partial charge in [0.1, 0.15) is 0 Å².